The molecule has 0 fully saturated rings. The standard InChI is InChI=1S/C13H17BrO3/c1-5-16-12(15)13(3,4)17-11-7-6-9(2)8-10(11)14/h6-8H,5H2,1-4H3. The zero-order chi connectivity index (χ0) is 13.1. The Morgan fingerprint density at radius 2 is 2.06 bits per heavy atom. The molecule has 0 amide bonds. The van der Waals surface area contributed by atoms with Crippen molar-refractivity contribution in [1.29, 1.82) is 0 Å². The number of aryl methyl sites for hydroxylation is 1. The highest BCUT2D eigenvalue weighted by Gasteiger charge is 2.32. The summed E-state index contributed by atoms with van der Waals surface area (Å²) in [5.41, 5.74) is 0.131. The molecule has 0 aromatic heterocycles. The van der Waals surface area contributed by atoms with Crippen LogP contribution < -0.4 is 4.74 Å². The van der Waals surface area contributed by atoms with Crippen LogP contribution in [0.25, 0.3) is 0 Å². The molecule has 0 aliphatic heterocycles. The first-order valence-electron chi connectivity index (χ1n) is 5.49. The Kier molecular flexibility index (Phi) is 4.57. The van der Waals surface area contributed by atoms with Crippen LogP contribution in [0.1, 0.15) is 26.3 Å². The van der Waals surface area contributed by atoms with Crippen LogP contribution in [0.4, 0.5) is 0 Å². The van der Waals surface area contributed by atoms with Gasteiger partial charge in [-0.3, -0.25) is 0 Å². The second kappa shape index (κ2) is 5.54. The quantitative estimate of drug-likeness (QED) is 0.799. The van der Waals surface area contributed by atoms with Crippen LogP contribution in [-0.4, -0.2) is 18.2 Å². The van der Waals surface area contributed by atoms with Gasteiger partial charge in [-0.05, 0) is 61.3 Å². The Bertz CT molecular complexity index is 413. The molecule has 1 rings (SSSR count). The van der Waals surface area contributed by atoms with Crippen LogP contribution in [0.2, 0.25) is 0 Å². The third-order valence-corrected chi connectivity index (χ3v) is 2.84. The van der Waals surface area contributed by atoms with Gasteiger partial charge in [0.25, 0.3) is 0 Å². The molecule has 1 aromatic rings. The van der Waals surface area contributed by atoms with Crippen LogP contribution in [0.5, 0.6) is 5.75 Å². The van der Waals surface area contributed by atoms with Crippen molar-refractivity contribution in [3.05, 3.63) is 28.2 Å². The summed E-state index contributed by atoms with van der Waals surface area (Å²) >= 11 is 3.41. The van der Waals surface area contributed by atoms with E-state index in [2.05, 4.69) is 15.9 Å². The van der Waals surface area contributed by atoms with Crippen molar-refractivity contribution in [2.45, 2.75) is 33.3 Å². The molecule has 0 atom stereocenters. The molecule has 0 N–H and O–H groups in total. The molecule has 0 saturated carbocycles. The molecule has 0 unspecified atom stereocenters. The summed E-state index contributed by atoms with van der Waals surface area (Å²) in [6.45, 7) is 7.50. The van der Waals surface area contributed by atoms with Crippen molar-refractivity contribution in [3.8, 4) is 5.75 Å². The molecule has 0 spiro atoms. The van der Waals surface area contributed by atoms with E-state index in [1.54, 1.807) is 20.8 Å². The van der Waals surface area contributed by atoms with Gasteiger partial charge in [0.05, 0.1) is 11.1 Å². The molecular formula is C13H17BrO3. The lowest BCUT2D eigenvalue weighted by atomic mass is 10.1. The Morgan fingerprint density at radius 1 is 1.41 bits per heavy atom. The SMILES string of the molecule is CCOC(=O)C(C)(C)Oc1ccc(C)cc1Br. The van der Waals surface area contributed by atoms with Crippen LogP contribution in [0.15, 0.2) is 22.7 Å². The summed E-state index contributed by atoms with van der Waals surface area (Å²) in [7, 11) is 0. The number of carbonyl (C=O) groups is 1. The molecule has 94 valence electrons. The Hall–Kier alpha value is -1.03. The van der Waals surface area contributed by atoms with Gasteiger partial charge in [-0.2, -0.15) is 0 Å². The number of benzene rings is 1. The lowest BCUT2D eigenvalue weighted by Gasteiger charge is -2.24. The first-order chi connectivity index (χ1) is 7.86. The first-order valence-corrected chi connectivity index (χ1v) is 6.28. The van der Waals surface area contributed by atoms with Crippen LogP contribution >= 0.6 is 15.9 Å². The minimum atomic E-state index is -0.992. The number of hydrogen-bond donors (Lipinski definition) is 0. The van der Waals surface area contributed by atoms with Crippen molar-refractivity contribution in [1.82, 2.24) is 0 Å². The lowest BCUT2D eigenvalue weighted by molar-refractivity contribution is -0.158. The molecular weight excluding hydrogens is 284 g/mol. The van der Waals surface area contributed by atoms with E-state index in [9.17, 15) is 4.79 Å². The Morgan fingerprint density at radius 3 is 2.59 bits per heavy atom. The maximum absolute atomic E-state index is 11.7. The molecule has 0 bridgehead atoms. The van der Waals surface area contributed by atoms with Crippen LogP contribution in [0.3, 0.4) is 0 Å². The first kappa shape index (κ1) is 14.0. The number of ether oxygens (including phenoxy) is 2. The molecule has 0 aliphatic carbocycles. The van der Waals surface area contributed by atoms with Crippen molar-refractivity contribution in [2.75, 3.05) is 6.61 Å². The van der Waals surface area contributed by atoms with Gasteiger partial charge in [0.2, 0.25) is 0 Å². The number of carbonyl (C=O) groups excluding carboxylic acids is 1. The Labute approximate surface area is 110 Å². The molecule has 0 saturated heterocycles. The van der Waals surface area contributed by atoms with Gasteiger partial charge in [-0.1, -0.05) is 6.07 Å². The van der Waals surface area contributed by atoms with Gasteiger partial charge in [0.15, 0.2) is 5.60 Å². The molecule has 3 nitrogen and oxygen atoms in total. The molecule has 0 heterocycles. The third kappa shape index (κ3) is 3.73. The van der Waals surface area contributed by atoms with Crippen molar-refractivity contribution in [2.24, 2.45) is 0 Å². The predicted molar refractivity (Wildman–Crippen MR) is 70.2 cm³/mol. The number of rotatable bonds is 4. The Balaban J connectivity index is 2.86. The highest BCUT2D eigenvalue weighted by Crippen LogP contribution is 2.29. The average Bonchev–Trinajstić information content (AvgIpc) is 2.22. The monoisotopic (exact) mass is 300 g/mol. The van der Waals surface area contributed by atoms with E-state index in [-0.39, 0.29) is 5.97 Å². The van der Waals surface area contributed by atoms with E-state index in [4.69, 9.17) is 9.47 Å². The maximum Gasteiger partial charge on any atom is 0.349 e. The van der Waals surface area contributed by atoms with Gasteiger partial charge in [-0.25, -0.2) is 4.79 Å². The van der Waals surface area contributed by atoms with E-state index >= 15 is 0 Å². The van der Waals surface area contributed by atoms with Crippen molar-refractivity contribution < 1.29 is 14.3 Å². The lowest BCUT2D eigenvalue weighted by Crippen LogP contribution is -2.39. The van der Waals surface area contributed by atoms with Crippen LogP contribution in [-0.2, 0) is 9.53 Å². The highest BCUT2D eigenvalue weighted by atomic mass is 79.9. The van der Waals surface area contributed by atoms with E-state index < -0.39 is 5.60 Å². The van der Waals surface area contributed by atoms with E-state index in [0.717, 1.165) is 10.0 Å². The van der Waals surface area contributed by atoms with Gasteiger partial charge in [0.1, 0.15) is 5.75 Å². The topological polar surface area (TPSA) is 35.5 Å². The van der Waals surface area contributed by atoms with E-state index in [0.29, 0.717) is 12.4 Å². The minimum absolute atomic E-state index is 0.348. The normalized spacial score (nSPS) is 11.1. The molecule has 0 aliphatic rings. The zero-order valence-corrected chi connectivity index (χ0v) is 12.1. The summed E-state index contributed by atoms with van der Waals surface area (Å²) in [6, 6.07) is 5.71. The fourth-order valence-corrected chi connectivity index (χ4v) is 1.88. The average molecular weight is 301 g/mol. The molecule has 0 radical (unpaired) electrons. The van der Waals surface area contributed by atoms with Gasteiger partial charge in [-0.15, -0.1) is 0 Å². The van der Waals surface area contributed by atoms with Gasteiger partial charge < -0.3 is 9.47 Å². The fraction of sp³-hybridized carbons (Fsp3) is 0.462. The predicted octanol–water partition coefficient (Wildman–Crippen LogP) is 3.48. The molecule has 1 aromatic carbocycles. The summed E-state index contributed by atoms with van der Waals surface area (Å²) in [6.07, 6.45) is 0. The summed E-state index contributed by atoms with van der Waals surface area (Å²) in [4.78, 5) is 11.7. The molecule has 17 heavy (non-hydrogen) atoms. The summed E-state index contributed by atoms with van der Waals surface area (Å²) in [5.74, 6) is 0.265. The van der Waals surface area contributed by atoms with Crippen molar-refractivity contribution >= 4 is 21.9 Å². The fourth-order valence-electron chi connectivity index (χ4n) is 1.31. The highest BCUT2D eigenvalue weighted by molar-refractivity contribution is 9.10. The van der Waals surface area contributed by atoms with E-state index in [1.807, 2.05) is 25.1 Å². The van der Waals surface area contributed by atoms with Crippen molar-refractivity contribution in [3.63, 3.8) is 0 Å². The number of esters is 1. The summed E-state index contributed by atoms with van der Waals surface area (Å²) in [5, 5.41) is 0. The minimum Gasteiger partial charge on any atom is -0.475 e. The number of hydrogen-bond acceptors (Lipinski definition) is 3. The van der Waals surface area contributed by atoms with E-state index in [1.165, 1.54) is 0 Å². The second-order valence-corrected chi connectivity index (χ2v) is 5.12. The smallest absolute Gasteiger partial charge is 0.349 e. The zero-order valence-electron chi connectivity index (χ0n) is 10.5. The second-order valence-electron chi connectivity index (χ2n) is 4.27. The largest absolute Gasteiger partial charge is 0.475 e. The molecule has 4 heteroatoms. The van der Waals surface area contributed by atoms with Crippen LogP contribution in [0, 0.1) is 6.92 Å². The van der Waals surface area contributed by atoms with Gasteiger partial charge >= 0.3 is 5.97 Å². The maximum atomic E-state index is 11.7. The van der Waals surface area contributed by atoms with Gasteiger partial charge in [0, 0.05) is 0 Å². The number of halogens is 1. The summed E-state index contributed by atoms with van der Waals surface area (Å²) < 4.78 is 11.5. The third-order valence-electron chi connectivity index (χ3n) is 2.22.